The van der Waals surface area contributed by atoms with E-state index in [0.717, 1.165) is 19.4 Å². The van der Waals surface area contributed by atoms with Gasteiger partial charge in [-0.2, -0.15) is 0 Å². The number of nitrogens with zero attached hydrogens (tertiary/aromatic N) is 1. The summed E-state index contributed by atoms with van der Waals surface area (Å²) in [5.41, 5.74) is 2.45. The molecule has 96 valence electrons. The van der Waals surface area contributed by atoms with Crippen molar-refractivity contribution in [3.05, 3.63) is 35.4 Å². The van der Waals surface area contributed by atoms with Gasteiger partial charge in [0.2, 0.25) is 5.91 Å². The van der Waals surface area contributed by atoms with E-state index in [1.165, 1.54) is 11.1 Å². The lowest BCUT2D eigenvalue weighted by Crippen LogP contribution is -2.43. The highest BCUT2D eigenvalue weighted by Crippen LogP contribution is 2.33. The molecule has 3 rings (SSSR count). The number of carbonyl (C=O) groups is 1. The van der Waals surface area contributed by atoms with Crippen LogP contribution in [0.4, 0.5) is 0 Å². The van der Waals surface area contributed by atoms with Crippen molar-refractivity contribution in [1.29, 1.82) is 0 Å². The van der Waals surface area contributed by atoms with E-state index in [1.54, 1.807) is 0 Å². The third-order valence-corrected chi connectivity index (χ3v) is 3.84. The Morgan fingerprint density at radius 3 is 2.83 bits per heavy atom. The standard InChI is InChI=1S/C15H19NO2/c1-11-4-2-3-5-13(11)14-10-16(8-9-18-14)15(17)12-6-7-12/h2-5,12,14H,6-10H2,1H3/t14-/m0/s1. The Balaban J connectivity index is 1.73. The highest BCUT2D eigenvalue weighted by molar-refractivity contribution is 5.81. The van der Waals surface area contributed by atoms with Crippen molar-refractivity contribution in [2.45, 2.75) is 25.9 Å². The molecule has 0 unspecified atom stereocenters. The molecule has 0 N–H and O–H groups in total. The molecule has 0 bridgehead atoms. The fourth-order valence-electron chi connectivity index (χ4n) is 2.57. The van der Waals surface area contributed by atoms with E-state index in [-0.39, 0.29) is 6.10 Å². The zero-order chi connectivity index (χ0) is 12.5. The Bertz CT molecular complexity index is 454. The highest BCUT2D eigenvalue weighted by atomic mass is 16.5. The van der Waals surface area contributed by atoms with Crippen LogP contribution in [0.25, 0.3) is 0 Å². The van der Waals surface area contributed by atoms with Crippen LogP contribution < -0.4 is 0 Å². The Morgan fingerprint density at radius 1 is 1.33 bits per heavy atom. The van der Waals surface area contributed by atoms with Gasteiger partial charge in [0.05, 0.1) is 13.2 Å². The summed E-state index contributed by atoms with van der Waals surface area (Å²) in [6.45, 7) is 4.20. The Labute approximate surface area is 108 Å². The molecule has 1 aliphatic carbocycles. The molecule has 2 aliphatic rings. The van der Waals surface area contributed by atoms with Crippen molar-refractivity contribution in [2.24, 2.45) is 5.92 Å². The smallest absolute Gasteiger partial charge is 0.225 e. The van der Waals surface area contributed by atoms with E-state index in [1.807, 2.05) is 17.0 Å². The topological polar surface area (TPSA) is 29.5 Å². The van der Waals surface area contributed by atoms with Crippen LogP contribution in [0.2, 0.25) is 0 Å². The van der Waals surface area contributed by atoms with Gasteiger partial charge in [-0.05, 0) is 30.9 Å². The molecule has 3 heteroatoms. The molecule has 1 heterocycles. The first-order valence-corrected chi connectivity index (χ1v) is 6.71. The van der Waals surface area contributed by atoms with Crippen molar-refractivity contribution < 1.29 is 9.53 Å². The van der Waals surface area contributed by atoms with Gasteiger partial charge in [0.1, 0.15) is 6.10 Å². The number of rotatable bonds is 2. The summed E-state index contributed by atoms with van der Waals surface area (Å²) in [7, 11) is 0. The van der Waals surface area contributed by atoms with E-state index in [4.69, 9.17) is 4.74 Å². The summed E-state index contributed by atoms with van der Waals surface area (Å²) in [5, 5.41) is 0. The number of amides is 1. The lowest BCUT2D eigenvalue weighted by atomic mass is 10.0. The first-order valence-electron chi connectivity index (χ1n) is 6.71. The second-order valence-electron chi connectivity index (χ2n) is 5.27. The Hall–Kier alpha value is -1.35. The summed E-state index contributed by atoms with van der Waals surface area (Å²) in [6.07, 6.45) is 2.19. The van der Waals surface area contributed by atoms with Crippen LogP contribution in [0, 0.1) is 12.8 Å². The number of hydrogen-bond acceptors (Lipinski definition) is 2. The van der Waals surface area contributed by atoms with E-state index in [2.05, 4.69) is 19.1 Å². The molecule has 1 aromatic rings. The second kappa shape index (κ2) is 4.73. The number of benzene rings is 1. The third kappa shape index (κ3) is 2.27. The summed E-state index contributed by atoms with van der Waals surface area (Å²) in [4.78, 5) is 14.1. The molecule has 1 saturated heterocycles. The third-order valence-electron chi connectivity index (χ3n) is 3.84. The Morgan fingerprint density at radius 2 is 2.11 bits per heavy atom. The van der Waals surface area contributed by atoms with Crippen molar-refractivity contribution in [2.75, 3.05) is 19.7 Å². The van der Waals surface area contributed by atoms with Crippen LogP contribution in [-0.2, 0) is 9.53 Å². The van der Waals surface area contributed by atoms with Gasteiger partial charge in [-0.3, -0.25) is 4.79 Å². The molecule has 0 spiro atoms. The van der Waals surface area contributed by atoms with Gasteiger partial charge in [-0.1, -0.05) is 24.3 Å². The highest BCUT2D eigenvalue weighted by Gasteiger charge is 2.36. The largest absolute Gasteiger partial charge is 0.370 e. The number of ether oxygens (including phenoxy) is 1. The fourth-order valence-corrected chi connectivity index (χ4v) is 2.57. The van der Waals surface area contributed by atoms with Crippen molar-refractivity contribution >= 4 is 5.91 Å². The van der Waals surface area contributed by atoms with Crippen molar-refractivity contribution in [3.63, 3.8) is 0 Å². The van der Waals surface area contributed by atoms with Crippen LogP contribution in [-0.4, -0.2) is 30.5 Å². The number of carbonyl (C=O) groups excluding carboxylic acids is 1. The van der Waals surface area contributed by atoms with Crippen LogP contribution in [0.3, 0.4) is 0 Å². The molecule has 18 heavy (non-hydrogen) atoms. The molecule has 1 saturated carbocycles. The molecular formula is C15H19NO2. The second-order valence-corrected chi connectivity index (χ2v) is 5.27. The Kier molecular flexibility index (Phi) is 3.08. The maximum Gasteiger partial charge on any atom is 0.225 e. The monoisotopic (exact) mass is 245 g/mol. The molecule has 1 atom stereocenters. The molecule has 1 amide bonds. The molecule has 1 aliphatic heterocycles. The molecule has 1 aromatic carbocycles. The van der Waals surface area contributed by atoms with Gasteiger partial charge in [0.25, 0.3) is 0 Å². The molecule has 0 aromatic heterocycles. The van der Waals surface area contributed by atoms with E-state index in [0.29, 0.717) is 25.0 Å². The van der Waals surface area contributed by atoms with Gasteiger partial charge in [-0.15, -0.1) is 0 Å². The van der Waals surface area contributed by atoms with Gasteiger partial charge in [-0.25, -0.2) is 0 Å². The predicted molar refractivity (Wildman–Crippen MR) is 69.2 cm³/mol. The average Bonchev–Trinajstić information content (AvgIpc) is 3.23. The maximum atomic E-state index is 12.1. The summed E-state index contributed by atoms with van der Waals surface area (Å²) in [6, 6.07) is 8.27. The summed E-state index contributed by atoms with van der Waals surface area (Å²) >= 11 is 0. The maximum absolute atomic E-state index is 12.1. The number of morpholine rings is 1. The van der Waals surface area contributed by atoms with Crippen molar-refractivity contribution in [3.8, 4) is 0 Å². The first-order chi connectivity index (χ1) is 8.75. The average molecular weight is 245 g/mol. The molecule has 2 fully saturated rings. The van der Waals surface area contributed by atoms with Crippen LogP contribution in [0.1, 0.15) is 30.1 Å². The van der Waals surface area contributed by atoms with Gasteiger partial charge < -0.3 is 9.64 Å². The normalized spacial score (nSPS) is 24.1. The minimum atomic E-state index is 0.0441. The minimum absolute atomic E-state index is 0.0441. The fraction of sp³-hybridized carbons (Fsp3) is 0.533. The molecule has 3 nitrogen and oxygen atoms in total. The number of aryl methyl sites for hydroxylation is 1. The van der Waals surface area contributed by atoms with Gasteiger partial charge >= 0.3 is 0 Å². The van der Waals surface area contributed by atoms with E-state index < -0.39 is 0 Å². The molecular weight excluding hydrogens is 226 g/mol. The van der Waals surface area contributed by atoms with E-state index >= 15 is 0 Å². The van der Waals surface area contributed by atoms with Crippen LogP contribution in [0.5, 0.6) is 0 Å². The van der Waals surface area contributed by atoms with Gasteiger partial charge in [0, 0.05) is 12.5 Å². The van der Waals surface area contributed by atoms with Crippen molar-refractivity contribution in [1.82, 2.24) is 4.90 Å². The number of hydrogen-bond donors (Lipinski definition) is 0. The predicted octanol–water partition coefficient (Wildman–Crippen LogP) is 2.30. The lowest BCUT2D eigenvalue weighted by Gasteiger charge is -2.34. The summed E-state index contributed by atoms with van der Waals surface area (Å²) < 4.78 is 5.83. The molecule has 0 radical (unpaired) electrons. The minimum Gasteiger partial charge on any atom is -0.370 e. The SMILES string of the molecule is Cc1ccccc1[C@@H]1CN(C(=O)C2CC2)CCO1. The van der Waals surface area contributed by atoms with Gasteiger partial charge in [0.15, 0.2) is 0 Å². The first kappa shape index (κ1) is 11.7. The van der Waals surface area contributed by atoms with E-state index in [9.17, 15) is 4.79 Å². The summed E-state index contributed by atoms with van der Waals surface area (Å²) in [5.74, 6) is 0.637. The van der Waals surface area contributed by atoms with Crippen LogP contribution in [0.15, 0.2) is 24.3 Å². The lowest BCUT2D eigenvalue weighted by molar-refractivity contribution is -0.140. The zero-order valence-electron chi connectivity index (χ0n) is 10.8. The quantitative estimate of drug-likeness (QED) is 0.800. The zero-order valence-corrected chi connectivity index (χ0v) is 10.8. The van der Waals surface area contributed by atoms with Crippen LogP contribution >= 0.6 is 0 Å².